The lowest BCUT2D eigenvalue weighted by molar-refractivity contribution is 0.125. The van der Waals surface area contributed by atoms with Crippen LogP contribution in [0.5, 0.6) is 0 Å². The maximum atomic E-state index is 9.01. The molecule has 1 aliphatic heterocycles. The van der Waals surface area contributed by atoms with Crippen molar-refractivity contribution in [3.8, 4) is 0 Å². The second-order valence-corrected chi connectivity index (χ2v) is 4.69. The Labute approximate surface area is 98.6 Å². The standard InChI is InChI=1S/C12H26N2O2/c1-2-14-9-11(4-7-16)8-12(10-14)13-5-3-6-15/h11-13,15-16H,2-10H2,1H3. The van der Waals surface area contributed by atoms with Gasteiger partial charge in [0.1, 0.15) is 0 Å². The molecule has 0 spiro atoms. The van der Waals surface area contributed by atoms with E-state index < -0.39 is 0 Å². The molecule has 1 heterocycles. The first-order valence-electron chi connectivity index (χ1n) is 6.47. The monoisotopic (exact) mass is 230 g/mol. The highest BCUT2D eigenvalue weighted by Crippen LogP contribution is 2.19. The van der Waals surface area contributed by atoms with E-state index in [1.165, 1.54) is 0 Å². The number of hydrogen-bond acceptors (Lipinski definition) is 4. The van der Waals surface area contributed by atoms with E-state index in [0.29, 0.717) is 18.6 Å². The van der Waals surface area contributed by atoms with Crippen LogP contribution in [0.1, 0.15) is 26.2 Å². The molecule has 2 atom stereocenters. The summed E-state index contributed by atoms with van der Waals surface area (Å²) in [6.07, 6.45) is 2.89. The van der Waals surface area contributed by atoms with Crippen molar-refractivity contribution in [1.29, 1.82) is 0 Å². The second-order valence-electron chi connectivity index (χ2n) is 4.69. The highest BCUT2D eigenvalue weighted by molar-refractivity contribution is 4.82. The Hall–Kier alpha value is -0.160. The molecule has 0 radical (unpaired) electrons. The Morgan fingerprint density at radius 2 is 2.06 bits per heavy atom. The highest BCUT2D eigenvalue weighted by Gasteiger charge is 2.25. The first kappa shape index (κ1) is 13.9. The van der Waals surface area contributed by atoms with E-state index in [4.69, 9.17) is 10.2 Å². The summed E-state index contributed by atoms with van der Waals surface area (Å²) in [5.41, 5.74) is 0. The maximum absolute atomic E-state index is 9.01. The molecule has 1 saturated heterocycles. The van der Waals surface area contributed by atoms with E-state index in [1.54, 1.807) is 0 Å². The summed E-state index contributed by atoms with van der Waals surface area (Å²) in [4.78, 5) is 2.44. The predicted octanol–water partition coefficient (Wildman–Crippen LogP) is 0.0512. The molecule has 3 N–H and O–H groups in total. The maximum Gasteiger partial charge on any atom is 0.0443 e. The van der Waals surface area contributed by atoms with Crippen molar-refractivity contribution in [2.45, 2.75) is 32.2 Å². The van der Waals surface area contributed by atoms with Crippen LogP contribution in [0.15, 0.2) is 0 Å². The number of likely N-dealkylation sites (N-methyl/N-ethyl adjacent to an activating group) is 1. The van der Waals surface area contributed by atoms with Crippen molar-refractivity contribution in [1.82, 2.24) is 10.2 Å². The topological polar surface area (TPSA) is 55.7 Å². The van der Waals surface area contributed by atoms with Crippen molar-refractivity contribution in [3.63, 3.8) is 0 Å². The quantitative estimate of drug-likeness (QED) is 0.541. The van der Waals surface area contributed by atoms with Gasteiger partial charge in [0, 0.05) is 32.3 Å². The van der Waals surface area contributed by atoms with Crippen LogP contribution in [-0.2, 0) is 0 Å². The first-order valence-corrected chi connectivity index (χ1v) is 6.47. The van der Waals surface area contributed by atoms with Crippen LogP contribution in [0.4, 0.5) is 0 Å². The van der Waals surface area contributed by atoms with E-state index in [1.807, 2.05) is 0 Å². The molecule has 4 heteroatoms. The van der Waals surface area contributed by atoms with Crippen molar-refractivity contribution in [3.05, 3.63) is 0 Å². The van der Waals surface area contributed by atoms with Crippen LogP contribution in [0.3, 0.4) is 0 Å². The van der Waals surface area contributed by atoms with Crippen LogP contribution in [0, 0.1) is 5.92 Å². The van der Waals surface area contributed by atoms with Gasteiger partial charge in [-0.25, -0.2) is 0 Å². The number of aliphatic hydroxyl groups excluding tert-OH is 2. The summed E-state index contributed by atoms with van der Waals surface area (Å²) >= 11 is 0. The fourth-order valence-corrected chi connectivity index (χ4v) is 2.49. The van der Waals surface area contributed by atoms with Gasteiger partial charge in [0.15, 0.2) is 0 Å². The molecule has 0 aromatic heterocycles. The number of aliphatic hydroxyl groups is 2. The molecule has 0 bridgehead atoms. The Morgan fingerprint density at radius 3 is 2.69 bits per heavy atom. The zero-order valence-electron chi connectivity index (χ0n) is 10.4. The average Bonchev–Trinajstić information content (AvgIpc) is 2.29. The molecular formula is C12H26N2O2. The van der Waals surface area contributed by atoms with Crippen LogP contribution >= 0.6 is 0 Å². The van der Waals surface area contributed by atoms with E-state index in [0.717, 1.165) is 45.4 Å². The number of nitrogens with one attached hydrogen (secondary N) is 1. The molecule has 2 unspecified atom stereocenters. The van der Waals surface area contributed by atoms with Gasteiger partial charge < -0.3 is 20.4 Å². The summed E-state index contributed by atoms with van der Waals surface area (Å²) in [6.45, 7) is 6.94. The molecule has 1 rings (SSSR count). The van der Waals surface area contributed by atoms with E-state index in [-0.39, 0.29) is 6.61 Å². The van der Waals surface area contributed by atoms with Crippen molar-refractivity contribution in [2.75, 3.05) is 39.4 Å². The molecule has 0 amide bonds. The third kappa shape index (κ3) is 4.78. The molecule has 1 aliphatic rings. The first-order chi connectivity index (χ1) is 7.80. The van der Waals surface area contributed by atoms with Gasteiger partial charge in [-0.05, 0) is 38.3 Å². The number of hydrogen-bond donors (Lipinski definition) is 3. The van der Waals surface area contributed by atoms with Gasteiger partial charge in [0.25, 0.3) is 0 Å². The minimum atomic E-state index is 0.261. The predicted molar refractivity (Wildman–Crippen MR) is 65.4 cm³/mol. The van der Waals surface area contributed by atoms with E-state index in [9.17, 15) is 0 Å². The Bertz CT molecular complexity index is 178. The minimum Gasteiger partial charge on any atom is -0.396 e. The fourth-order valence-electron chi connectivity index (χ4n) is 2.49. The zero-order chi connectivity index (χ0) is 11.8. The van der Waals surface area contributed by atoms with E-state index >= 15 is 0 Å². The molecule has 0 saturated carbocycles. The number of likely N-dealkylation sites (tertiary alicyclic amines) is 1. The molecule has 96 valence electrons. The molecule has 0 aliphatic carbocycles. The van der Waals surface area contributed by atoms with Crippen LogP contribution in [0.25, 0.3) is 0 Å². The van der Waals surface area contributed by atoms with Gasteiger partial charge in [-0.15, -0.1) is 0 Å². The van der Waals surface area contributed by atoms with Crippen LogP contribution in [0.2, 0.25) is 0 Å². The summed E-state index contributed by atoms with van der Waals surface area (Å²) in [6, 6.07) is 0.525. The second kappa shape index (κ2) is 8.01. The highest BCUT2D eigenvalue weighted by atomic mass is 16.3. The molecule has 16 heavy (non-hydrogen) atoms. The van der Waals surface area contributed by atoms with Crippen molar-refractivity contribution >= 4 is 0 Å². The lowest BCUT2D eigenvalue weighted by Gasteiger charge is -2.37. The number of rotatable bonds is 7. The van der Waals surface area contributed by atoms with Gasteiger partial charge in [-0.2, -0.15) is 0 Å². The smallest absolute Gasteiger partial charge is 0.0443 e. The summed E-state index contributed by atoms with van der Waals surface area (Å²) < 4.78 is 0. The third-order valence-corrected chi connectivity index (χ3v) is 3.37. The normalized spacial score (nSPS) is 27.2. The van der Waals surface area contributed by atoms with Crippen LogP contribution in [-0.4, -0.2) is 60.5 Å². The largest absolute Gasteiger partial charge is 0.396 e. The van der Waals surface area contributed by atoms with Gasteiger partial charge in [-0.3, -0.25) is 0 Å². The SMILES string of the molecule is CCN1CC(CCO)CC(NCCCO)C1. The van der Waals surface area contributed by atoms with E-state index in [2.05, 4.69) is 17.1 Å². The van der Waals surface area contributed by atoms with Crippen LogP contribution < -0.4 is 5.32 Å². The number of nitrogens with zero attached hydrogens (tertiary/aromatic N) is 1. The van der Waals surface area contributed by atoms with Crippen molar-refractivity contribution < 1.29 is 10.2 Å². The van der Waals surface area contributed by atoms with Gasteiger partial charge >= 0.3 is 0 Å². The minimum absolute atomic E-state index is 0.261. The van der Waals surface area contributed by atoms with Gasteiger partial charge in [0.2, 0.25) is 0 Å². The third-order valence-electron chi connectivity index (χ3n) is 3.37. The Kier molecular flexibility index (Phi) is 6.96. The van der Waals surface area contributed by atoms with Gasteiger partial charge in [-0.1, -0.05) is 6.92 Å². The summed E-state index contributed by atoms with van der Waals surface area (Å²) in [7, 11) is 0. The van der Waals surface area contributed by atoms with Gasteiger partial charge in [0.05, 0.1) is 0 Å². The molecular weight excluding hydrogens is 204 g/mol. The Morgan fingerprint density at radius 1 is 1.25 bits per heavy atom. The molecule has 0 aromatic carbocycles. The summed E-state index contributed by atoms with van der Waals surface area (Å²) in [5, 5.41) is 21.2. The lowest BCUT2D eigenvalue weighted by atomic mass is 9.91. The summed E-state index contributed by atoms with van der Waals surface area (Å²) in [5.74, 6) is 0.616. The Balaban J connectivity index is 2.31. The lowest BCUT2D eigenvalue weighted by Crippen LogP contribution is -2.49. The molecule has 4 nitrogen and oxygen atoms in total. The van der Waals surface area contributed by atoms with Crippen molar-refractivity contribution in [2.24, 2.45) is 5.92 Å². The fraction of sp³-hybridized carbons (Fsp3) is 1.00. The zero-order valence-corrected chi connectivity index (χ0v) is 10.4. The molecule has 0 aromatic rings. The number of piperidine rings is 1. The average molecular weight is 230 g/mol. The molecule has 1 fully saturated rings.